The van der Waals surface area contributed by atoms with Crippen molar-refractivity contribution in [3.63, 3.8) is 0 Å². The van der Waals surface area contributed by atoms with Gasteiger partial charge in [-0.2, -0.15) is 0 Å². The Morgan fingerprint density at radius 1 is 1.53 bits per heavy atom. The molecule has 1 saturated heterocycles. The Bertz CT molecular complexity index is 388. The van der Waals surface area contributed by atoms with Crippen molar-refractivity contribution in [3.8, 4) is 0 Å². The number of aromatic nitrogens is 1. The van der Waals surface area contributed by atoms with Crippen molar-refractivity contribution in [2.75, 3.05) is 32.9 Å². The fourth-order valence-electron chi connectivity index (χ4n) is 2.17. The number of halogens is 1. The van der Waals surface area contributed by atoms with Crippen molar-refractivity contribution in [2.24, 2.45) is 0 Å². The maximum atomic E-state index is 12.7. The zero-order chi connectivity index (χ0) is 13.7. The first-order valence-corrected chi connectivity index (χ1v) is 6.43. The van der Waals surface area contributed by atoms with Crippen molar-refractivity contribution >= 4 is 0 Å². The summed E-state index contributed by atoms with van der Waals surface area (Å²) in [4.78, 5) is 5.96. The predicted octanol–water partition coefficient (Wildman–Crippen LogP) is 0.337. The number of aliphatic hydroxyl groups excluding tert-OH is 2. The molecule has 0 spiro atoms. The molecule has 1 aliphatic rings. The number of rotatable bonds is 5. The zero-order valence-electron chi connectivity index (χ0n) is 10.7. The largest absolute Gasteiger partial charge is 0.395 e. The third kappa shape index (κ3) is 3.94. The van der Waals surface area contributed by atoms with Gasteiger partial charge in [-0.3, -0.25) is 9.88 Å². The second kappa shape index (κ2) is 6.91. The van der Waals surface area contributed by atoms with Gasteiger partial charge in [0.1, 0.15) is 5.82 Å². The van der Waals surface area contributed by atoms with Crippen LogP contribution in [-0.2, 0) is 4.74 Å². The number of hydrogen-bond acceptors (Lipinski definition) is 5. The highest BCUT2D eigenvalue weighted by atomic mass is 19.1. The quantitative estimate of drug-likeness (QED) is 0.807. The van der Waals surface area contributed by atoms with Crippen LogP contribution in [0, 0.1) is 5.82 Å². The Labute approximate surface area is 111 Å². The van der Waals surface area contributed by atoms with Gasteiger partial charge < -0.3 is 14.9 Å². The molecule has 2 N–H and O–H groups in total. The molecule has 2 unspecified atom stereocenters. The monoisotopic (exact) mass is 270 g/mol. The smallest absolute Gasteiger partial charge is 0.141 e. The van der Waals surface area contributed by atoms with E-state index in [0.717, 1.165) is 12.7 Å². The van der Waals surface area contributed by atoms with Gasteiger partial charge in [0.05, 0.1) is 43.9 Å². The molecule has 1 aliphatic heterocycles. The third-order valence-corrected chi connectivity index (χ3v) is 3.34. The summed E-state index contributed by atoms with van der Waals surface area (Å²) in [7, 11) is 0. The highest BCUT2D eigenvalue weighted by Crippen LogP contribution is 2.16. The third-order valence-electron chi connectivity index (χ3n) is 3.34. The van der Waals surface area contributed by atoms with Gasteiger partial charge in [-0.25, -0.2) is 4.39 Å². The van der Waals surface area contributed by atoms with Gasteiger partial charge in [-0.15, -0.1) is 0 Å². The summed E-state index contributed by atoms with van der Waals surface area (Å²) in [5.41, 5.74) is 0.468. The SMILES string of the molecule is OCC1COCCN1CCC(O)c1ccc(F)cn1. The van der Waals surface area contributed by atoms with Crippen LogP contribution in [-0.4, -0.2) is 59.0 Å². The van der Waals surface area contributed by atoms with Gasteiger partial charge in [-0.05, 0) is 18.6 Å². The molecule has 106 valence electrons. The molecule has 0 aliphatic carbocycles. The lowest BCUT2D eigenvalue weighted by atomic mass is 10.1. The molecule has 0 saturated carbocycles. The van der Waals surface area contributed by atoms with Crippen molar-refractivity contribution in [2.45, 2.75) is 18.6 Å². The molecule has 0 bridgehead atoms. The van der Waals surface area contributed by atoms with Crippen LogP contribution < -0.4 is 0 Å². The van der Waals surface area contributed by atoms with E-state index in [9.17, 15) is 14.6 Å². The number of ether oxygens (including phenoxy) is 1. The molecule has 1 aromatic heterocycles. The van der Waals surface area contributed by atoms with Crippen molar-refractivity contribution in [3.05, 3.63) is 29.8 Å². The molecule has 5 nitrogen and oxygen atoms in total. The predicted molar refractivity (Wildman–Crippen MR) is 67.0 cm³/mol. The molecular formula is C13H19FN2O3. The second-order valence-electron chi connectivity index (χ2n) is 4.65. The Kier molecular flexibility index (Phi) is 5.21. The van der Waals surface area contributed by atoms with Crippen molar-refractivity contribution < 1.29 is 19.3 Å². The maximum absolute atomic E-state index is 12.7. The summed E-state index contributed by atoms with van der Waals surface area (Å²) in [6.07, 6.45) is 0.877. The Morgan fingerprint density at radius 2 is 2.37 bits per heavy atom. The van der Waals surface area contributed by atoms with Crippen LogP contribution in [0.5, 0.6) is 0 Å². The van der Waals surface area contributed by atoms with Crippen molar-refractivity contribution in [1.29, 1.82) is 0 Å². The molecule has 2 rings (SSSR count). The summed E-state index contributed by atoms with van der Waals surface area (Å²) in [6.45, 7) is 2.59. The number of pyridine rings is 1. The Hall–Kier alpha value is -1.08. The van der Waals surface area contributed by atoms with E-state index in [1.807, 2.05) is 0 Å². The van der Waals surface area contributed by atoms with E-state index < -0.39 is 11.9 Å². The standard InChI is InChI=1S/C13H19FN2O3/c14-10-1-2-12(15-7-10)13(18)3-4-16-5-6-19-9-11(16)8-17/h1-2,7,11,13,17-18H,3-6,8-9H2. The summed E-state index contributed by atoms with van der Waals surface area (Å²) < 4.78 is 18.0. The van der Waals surface area contributed by atoms with Gasteiger partial charge in [0.25, 0.3) is 0 Å². The van der Waals surface area contributed by atoms with Crippen LogP contribution in [0.3, 0.4) is 0 Å². The minimum absolute atomic E-state index is 0.0119. The summed E-state index contributed by atoms with van der Waals surface area (Å²) in [6, 6.07) is 2.77. The zero-order valence-corrected chi connectivity index (χ0v) is 10.7. The molecule has 2 atom stereocenters. The minimum Gasteiger partial charge on any atom is -0.395 e. The molecule has 0 radical (unpaired) electrons. The van der Waals surface area contributed by atoms with Crippen LogP contribution in [0.2, 0.25) is 0 Å². The molecule has 0 amide bonds. The summed E-state index contributed by atoms with van der Waals surface area (Å²) in [5, 5.41) is 19.2. The first-order chi connectivity index (χ1) is 9.20. The van der Waals surface area contributed by atoms with Gasteiger partial charge in [0.15, 0.2) is 0 Å². The lowest BCUT2D eigenvalue weighted by Gasteiger charge is -2.34. The number of morpholine rings is 1. The fourth-order valence-corrected chi connectivity index (χ4v) is 2.17. The summed E-state index contributed by atoms with van der Waals surface area (Å²) >= 11 is 0. The Morgan fingerprint density at radius 3 is 3.05 bits per heavy atom. The second-order valence-corrected chi connectivity index (χ2v) is 4.65. The van der Waals surface area contributed by atoms with E-state index in [4.69, 9.17) is 4.74 Å². The van der Waals surface area contributed by atoms with Crippen LogP contribution in [0.4, 0.5) is 4.39 Å². The minimum atomic E-state index is -0.720. The van der Waals surface area contributed by atoms with E-state index in [0.29, 0.717) is 31.9 Å². The normalized spacial score (nSPS) is 22.4. The van der Waals surface area contributed by atoms with E-state index in [1.54, 1.807) is 0 Å². The van der Waals surface area contributed by atoms with E-state index in [1.165, 1.54) is 12.1 Å². The van der Waals surface area contributed by atoms with E-state index >= 15 is 0 Å². The molecule has 19 heavy (non-hydrogen) atoms. The average molecular weight is 270 g/mol. The number of hydrogen-bond donors (Lipinski definition) is 2. The first-order valence-electron chi connectivity index (χ1n) is 6.43. The number of nitrogens with zero attached hydrogens (tertiary/aromatic N) is 2. The molecular weight excluding hydrogens is 251 g/mol. The van der Waals surface area contributed by atoms with Crippen LogP contribution in [0.1, 0.15) is 18.2 Å². The molecule has 0 aromatic carbocycles. The summed E-state index contributed by atoms with van der Waals surface area (Å²) in [5.74, 6) is -0.413. The highest BCUT2D eigenvalue weighted by Gasteiger charge is 2.23. The van der Waals surface area contributed by atoms with Crippen LogP contribution in [0.25, 0.3) is 0 Å². The molecule has 1 fully saturated rings. The van der Waals surface area contributed by atoms with Gasteiger partial charge in [0, 0.05) is 13.1 Å². The molecule has 1 aromatic rings. The van der Waals surface area contributed by atoms with E-state index in [-0.39, 0.29) is 12.6 Å². The molecule has 2 heterocycles. The highest BCUT2D eigenvalue weighted by molar-refractivity contribution is 5.08. The van der Waals surface area contributed by atoms with Gasteiger partial charge in [0.2, 0.25) is 0 Å². The Balaban J connectivity index is 1.85. The topological polar surface area (TPSA) is 65.8 Å². The van der Waals surface area contributed by atoms with Gasteiger partial charge in [-0.1, -0.05) is 0 Å². The lowest BCUT2D eigenvalue weighted by molar-refractivity contribution is -0.0322. The fraction of sp³-hybridized carbons (Fsp3) is 0.615. The average Bonchev–Trinajstić information content (AvgIpc) is 2.45. The first kappa shape index (κ1) is 14.3. The van der Waals surface area contributed by atoms with Crippen LogP contribution in [0.15, 0.2) is 18.3 Å². The van der Waals surface area contributed by atoms with E-state index in [2.05, 4.69) is 9.88 Å². The maximum Gasteiger partial charge on any atom is 0.141 e. The number of aliphatic hydroxyl groups is 2. The van der Waals surface area contributed by atoms with Crippen LogP contribution >= 0.6 is 0 Å². The lowest BCUT2D eigenvalue weighted by Crippen LogP contribution is -2.48. The van der Waals surface area contributed by atoms with Crippen molar-refractivity contribution in [1.82, 2.24) is 9.88 Å². The van der Waals surface area contributed by atoms with Gasteiger partial charge >= 0.3 is 0 Å². The molecule has 6 heteroatoms.